The van der Waals surface area contributed by atoms with Gasteiger partial charge in [0.05, 0.1) is 24.5 Å². The van der Waals surface area contributed by atoms with Crippen molar-refractivity contribution in [3.63, 3.8) is 0 Å². The molecule has 1 atom stereocenters. The Morgan fingerprint density at radius 2 is 1.93 bits per heavy atom. The van der Waals surface area contributed by atoms with Gasteiger partial charge in [-0.2, -0.15) is 0 Å². The topological polar surface area (TPSA) is 70.7 Å². The van der Waals surface area contributed by atoms with Gasteiger partial charge in [0, 0.05) is 11.0 Å². The minimum absolute atomic E-state index is 0.124. The summed E-state index contributed by atoms with van der Waals surface area (Å²) < 4.78 is 6.66. The summed E-state index contributed by atoms with van der Waals surface area (Å²) in [5.41, 5.74) is 1.51. The standard InChI is InChI=1S/C20H22BrN3O3/c1-2-11-22-20(26)18-12-24(16-9-5-6-10-17(16)27-18)13-19(25)23-15-8-4-3-7-14(15)21/h3-10,18H,2,11-13H2,1H3,(H,22,26)(H,23,25)/t18-/m0/s1. The van der Waals surface area contributed by atoms with E-state index in [1.165, 1.54) is 0 Å². The van der Waals surface area contributed by atoms with Gasteiger partial charge in [0.2, 0.25) is 5.91 Å². The zero-order chi connectivity index (χ0) is 19.2. The first-order valence-electron chi connectivity index (χ1n) is 8.91. The van der Waals surface area contributed by atoms with Crippen molar-refractivity contribution in [3.05, 3.63) is 53.0 Å². The Hall–Kier alpha value is -2.54. The van der Waals surface area contributed by atoms with Crippen LogP contribution in [0.25, 0.3) is 0 Å². The number of benzene rings is 2. The number of nitrogens with zero attached hydrogens (tertiary/aromatic N) is 1. The van der Waals surface area contributed by atoms with E-state index in [1.54, 1.807) is 0 Å². The van der Waals surface area contributed by atoms with Crippen molar-refractivity contribution in [2.75, 3.05) is 29.9 Å². The number of anilines is 2. The molecule has 6 nitrogen and oxygen atoms in total. The summed E-state index contributed by atoms with van der Waals surface area (Å²) in [5.74, 6) is 0.281. The van der Waals surface area contributed by atoms with Crippen LogP contribution in [0.1, 0.15) is 13.3 Å². The number of carbonyl (C=O) groups excluding carboxylic acids is 2. The van der Waals surface area contributed by atoms with Crippen molar-refractivity contribution in [1.82, 2.24) is 5.32 Å². The van der Waals surface area contributed by atoms with E-state index in [4.69, 9.17) is 4.74 Å². The first kappa shape index (κ1) is 19.2. The van der Waals surface area contributed by atoms with Gasteiger partial charge in [0.1, 0.15) is 5.75 Å². The Bertz CT molecular complexity index is 828. The van der Waals surface area contributed by atoms with E-state index in [2.05, 4.69) is 26.6 Å². The van der Waals surface area contributed by atoms with Gasteiger partial charge in [0.15, 0.2) is 6.10 Å². The van der Waals surface area contributed by atoms with Crippen LogP contribution in [0.3, 0.4) is 0 Å². The van der Waals surface area contributed by atoms with Gasteiger partial charge in [-0.1, -0.05) is 31.2 Å². The van der Waals surface area contributed by atoms with Crippen LogP contribution in [0.2, 0.25) is 0 Å². The third-order valence-electron chi connectivity index (χ3n) is 4.19. The predicted molar refractivity (Wildman–Crippen MR) is 109 cm³/mol. The molecule has 2 aromatic rings. The number of amides is 2. The van der Waals surface area contributed by atoms with E-state index < -0.39 is 6.10 Å². The molecular formula is C20H22BrN3O3. The molecule has 0 saturated heterocycles. The maximum atomic E-state index is 12.6. The molecule has 2 amide bonds. The highest BCUT2D eigenvalue weighted by Crippen LogP contribution is 2.33. The predicted octanol–water partition coefficient (Wildman–Crippen LogP) is 3.18. The monoisotopic (exact) mass is 431 g/mol. The third kappa shape index (κ3) is 4.80. The minimum atomic E-state index is -0.650. The van der Waals surface area contributed by atoms with E-state index in [0.717, 1.165) is 16.6 Å². The van der Waals surface area contributed by atoms with Crippen molar-refractivity contribution in [3.8, 4) is 5.75 Å². The quantitative estimate of drug-likeness (QED) is 0.736. The number of hydrogen-bond donors (Lipinski definition) is 2. The van der Waals surface area contributed by atoms with Gasteiger partial charge in [-0.05, 0) is 46.6 Å². The lowest BCUT2D eigenvalue weighted by atomic mass is 10.1. The average molecular weight is 432 g/mol. The second-order valence-corrected chi connectivity index (χ2v) is 7.13. The molecule has 1 heterocycles. The molecule has 3 rings (SSSR count). The Morgan fingerprint density at radius 1 is 1.19 bits per heavy atom. The van der Waals surface area contributed by atoms with Gasteiger partial charge in [-0.15, -0.1) is 0 Å². The molecule has 2 aromatic carbocycles. The van der Waals surface area contributed by atoms with Crippen LogP contribution in [0.15, 0.2) is 53.0 Å². The lowest BCUT2D eigenvalue weighted by Crippen LogP contribution is -2.50. The highest BCUT2D eigenvalue weighted by Gasteiger charge is 2.31. The van der Waals surface area contributed by atoms with E-state index in [0.29, 0.717) is 24.5 Å². The Morgan fingerprint density at radius 3 is 2.70 bits per heavy atom. The number of ether oxygens (including phenoxy) is 1. The maximum Gasteiger partial charge on any atom is 0.262 e. The second-order valence-electron chi connectivity index (χ2n) is 6.27. The SMILES string of the molecule is CCCNC(=O)[C@@H]1CN(CC(=O)Nc2ccccc2Br)c2ccccc2O1. The first-order valence-corrected chi connectivity index (χ1v) is 9.70. The van der Waals surface area contributed by atoms with E-state index in [1.807, 2.05) is 60.4 Å². The third-order valence-corrected chi connectivity index (χ3v) is 4.88. The highest BCUT2D eigenvalue weighted by molar-refractivity contribution is 9.10. The van der Waals surface area contributed by atoms with Crippen LogP contribution >= 0.6 is 15.9 Å². The Balaban J connectivity index is 1.73. The van der Waals surface area contributed by atoms with Gasteiger partial charge in [-0.25, -0.2) is 0 Å². The number of fused-ring (bicyclic) bond motifs is 1. The van der Waals surface area contributed by atoms with Crippen LogP contribution in [-0.4, -0.2) is 37.6 Å². The molecule has 0 bridgehead atoms. The maximum absolute atomic E-state index is 12.6. The molecule has 0 aliphatic carbocycles. The largest absolute Gasteiger partial charge is 0.477 e. The van der Waals surface area contributed by atoms with Gasteiger partial charge in [-0.3, -0.25) is 9.59 Å². The molecular weight excluding hydrogens is 410 g/mol. The number of nitrogens with one attached hydrogen (secondary N) is 2. The lowest BCUT2D eigenvalue weighted by Gasteiger charge is -2.35. The summed E-state index contributed by atoms with van der Waals surface area (Å²) in [7, 11) is 0. The fourth-order valence-electron chi connectivity index (χ4n) is 2.88. The number of carbonyl (C=O) groups is 2. The van der Waals surface area contributed by atoms with Crippen LogP contribution in [-0.2, 0) is 9.59 Å². The molecule has 2 N–H and O–H groups in total. The van der Waals surface area contributed by atoms with E-state index in [9.17, 15) is 9.59 Å². The summed E-state index contributed by atoms with van der Waals surface area (Å²) in [5, 5.41) is 5.75. The molecule has 27 heavy (non-hydrogen) atoms. The zero-order valence-electron chi connectivity index (χ0n) is 15.1. The molecule has 0 radical (unpaired) electrons. The molecule has 7 heteroatoms. The summed E-state index contributed by atoms with van der Waals surface area (Å²) in [4.78, 5) is 26.8. The summed E-state index contributed by atoms with van der Waals surface area (Å²) in [6.45, 7) is 3.04. The minimum Gasteiger partial charge on any atom is -0.477 e. The number of rotatable bonds is 6. The number of halogens is 1. The van der Waals surface area contributed by atoms with Crippen molar-refractivity contribution in [1.29, 1.82) is 0 Å². The molecule has 0 aromatic heterocycles. The van der Waals surface area contributed by atoms with Crippen LogP contribution < -0.4 is 20.3 Å². The van der Waals surface area contributed by atoms with E-state index >= 15 is 0 Å². The van der Waals surface area contributed by atoms with Gasteiger partial charge >= 0.3 is 0 Å². The fourth-order valence-corrected chi connectivity index (χ4v) is 3.26. The fraction of sp³-hybridized carbons (Fsp3) is 0.300. The molecule has 1 aliphatic heterocycles. The van der Waals surface area contributed by atoms with Gasteiger partial charge in [0.25, 0.3) is 5.91 Å². The lowest BCUT2D eigenvalue weighted by molar-refractivity contribution is -0.128. The number of para-hydroxylation sites is 3. The highest BCUT2D eigenvalue weighted by atomic mass is 79.9. The van der Waals surface area contributed by atoms with Crippen LogP contribution in [0.5, 0.6) is 5.75 Å². The molecule has 0 spiro atoms. The second kappa shape index (κ2) is 8.90. The molecule has 0 unspecified atom stereocenters. The molecule has 0 saturated carbocycles. The summed E-state index contributed by atoms with van der Waals surface area (Å²) in [6, 6.07) is 14.9. The smallest absolute Gasteiger partial charge is 0.262 e. The normalized spacial score (nSPS) is 15.5. The van der Waals surface area contributed by atoms with Gasteiger partial charge < -0.3 is 20.3 Å². The summed E-state index contributed by atoms with van der Waals surface area (Å²) >= 11 is 3.43. The van der Waals surface area contributed by atoms with Crippen LogP contribution in [0, 0.1) is 0 Å². The summed E-state index contributed by atoms with van der Waals surface area (Å²) in [6.07, 6.45) is 0.204. The van der Waals surface area contributed by atoms with E-state index in [-0.39, 0.29) is 18.4 Å². The van der Waals surface area contributed by atoms with Crippen molar-refractivity contribution < 1.29 is 14.3 Å². The Labute approximate surface area is 167 Å². The molecule has 1 aliphatic rings. The first-order chi connectivity index (χ1) is 13.1. The van der Waals surface area contributed by atoms with Crippen molar-refractivity contribution in [2.45, 2.75) is 19.4 Å². The number of hydrogen-bond acceptors (Lipinski definition) is 4. The van der Waals surface area contributed by atoms with Crippen LogP contribution in [0.4, 0.5) is 11.4 Å². The Kier molecular flexibility index (Phi) is 6.34. The molecule has 142 valence electrons. The molecule has 0 fully saturated rings. The van der Waals surface area contributed by atoms with Crippen molar-refractivity contribution in [2.24, 2.45) is 0 Å². The zero-order valence-corrected chi connectivity index (χ0v) is 16.7. The van der Waals surface area contributed by atoms with Crippen molar-refractivity contribution >= 4 is 39.1 Å². The average Bonchev–Trinajstić information content (AvgIpc) is 2.67.